The quantitative estimate of drug-likeness (QED) is 0.899. The van der Waals surface area contributed by atoms with Crippen molar-refractivity contribution in [2.45, 2.75) is 10.6 Å². The van der Waals surface area contributed by atoms with Gasteiger partial charge in [-0.05, 0) is 35.9 Å². The summed E-state index contributed by atoms with van der Waals surface area (Å²) in [6.45, 7) is 0. The van der Waals surface area contributed by atoms with Crippen LogP contribution in [0.4, 0.5) is 0 Å². The van der Waals surface area contributed by atoms with Crippen molar-refractivity contribution in [1.29, 1.82) is 0 Å². The Kier molecular flexibility index (Phi) is 3.97. The van der Waals surface area contributed by atoms with Crippen molar-refractivity contribution in [3.05, 3.63) is 59.7 Å². The molecule has 0 amide bonds. The number of benzene rings is 2. The molecule has 0 aromatic heterocycles. The highest BCUT2D eigenvalue weighted by Crippen LogP contribution is 2.16. The van der Waals surface area contributed by atoms with Gasteiger partial charge in [-0.3, -0.25) is 4.21 Å². The fourth-order valence-electron chi connectivity index (χ4n) is 1.60. The van der Waals surface area contributed by atoms with Crippen molar-refractivity contribution in [2.24, 2.45) is 0 Å². The Labute approximate surface area is 112 Å². The van der Waals surface area contributed by atoms with E-state index in [0.717, 1.165) is 5.56 Å². The number of aromatic carboxylic acids is 1. The summed E-state index contributed by atoms with van der Waals surface area (Å²) < 4.78 is 12.1. The SMILES string of the molecule is O=C(O)c1cccc(S(=O)Cc2ccc(O)cc2)c1. The Morgan fingerprint density at radius 1 is 1.11 bits per heavy atom. The van der Waals surface area contributed by atoms with E-state index in [0.29, 0.717) is 4.90 Å². The molecule has 0 saturated carbocycles. The summed E-state index contributed by atoms with van der Waals surface area (Å²) in [7, 11) is -1.31. The van der Waals surface area contributed by atoms with Gasteiger partial charge in [0.2, 0.25) is 0 Å². The van der Waals surface area contributed by atoms with Gasteiger partial charge >= 0.3 is 5.97 Å². The average Bonchev–Trinajstić information content (AvgIpc) is 2.41. The van der Waals surface area contributed by atoms with E-state index >= 15 is 0 Å². The molecule has 19 heavy (non-hydrogen) atoms. The molecule has 0 aliphatic rings. The first kappa shape index (κ1) is 13.3. The Morgan fingerprint density at radius 2 is 1.79 bits per heavy atom. The van der Waals surface area contributed by atoms with Gasteiger partial charge in [-0.15, -0.1) is 0 Å². The lowest BCUT2D eigenvalue weighted by atomic mass is 10.2. The van der Waals surface area contributed by atoms with Gasteiger partial charge in [-0.2, -0.15) is 0 Å². The van der Waals surface area contributed by atoms with Gasteiger partial charge in [0.05, 0.1) is 22.1 Å². The first-order chi connectivity index (χ1) is 9.06. The molecule has 98 valence electrons. The molecular formula is C14H12O4S. The molecule has 0 bridgehead atoms. The van der Waals surface area contributed by atoms with Gasteiger partial charge in [0.15, 0.2) is 0 Å². The summed E-state index contributed by atoms with van der Waals surface area (Å²) in [4.78, 5) is 11.3. The fraction of sp³-hybridized carbons (Fsp3) is 0.0714. The van der Waals surface area contributed by atoms with Crippen LogP contribution >= 0.6 is 0 Å². The maximum atomic E-state index is 12.1. The first-order valence-electron chi connectivity index (χ1n) is 5.56. The molecule has 0 radical (unpaired) electrons. The van der Waals surface area contributed by atoms with Crippen molar-refractivity contribution < 1.29 is 19.2 Å². The zero-order valence-corrected chi connectivity index (χ0v) is 10.8. The Bertz CT molecular complexity index is 620. The third kappa shape index (κ3) is 3.42. The smallest absolute Gasteiger partial charge is 0.335 e. The normalized spacial score (nSPS) is 12.0. The van der Waals surface area contributed by atoms with Crippen LogP contribution in [0.3, 0.4) is 0 Å². The number of carboxylic acid groups (broad SMARTS) is 1. The summed E-state index contributed by atoms with van der Waals surface area (Å²) in [5, 5.41) is 18.0. The summed E-state index contributed by atoms with van der Waals surface area (Å²) in [6.07, 6.45) is 0. The maximum absolute atomic E-state index is 12.1. The lowest BCUT2D eigenvalue weighted by Crippen LogP contribution is -2.00. The summed E-state index contributed by atoms with van der Waals surface area (Å²) in [6, 6.07) is 12.5. The lowest BCUT2D eigenvalue weighted by Gasteiger charge is -2.04. The van der Waals surface area contributed by atoms with E-state index in [1.807, 2.05) is 0 Å². The van der Waals surface area contributed by atoms with E-state index in [1.54, 1.807) is 24.3 Å². The minimum atomic E-state index is -1.31. The third-order valence-corrected chi connectivity index (χ3v) is 3.95. The third-order valence-electron chi connectivity index (χ3n) is 2.58. The molecule has 0 saturated heterocycles. The summed E-state index contributed by atoms with van der Waals surface area (Å²) in [5.41, 5.74) is 0.938. The van der Waals surface area contributed by atoms with Gasteiger partial charge in [0, 0.05) is 4.90 Å². The van der Waals surface area contributed by atoms with Crippen LogP contribution in [0.1, 0.15) is 15.9 Å². The molecule has 0 heterocycles. The monoisotopic (exact) mass is 276 g/mol. The fourth-order valence-corrected chi connectivity index (χ4v) is 2.75. The lowest BCUT2D eigenvalue weighted by molar-refractivity contribution is 0.0696. The molecule has 1 unspecified atom stereocenters. The van der Waals surface area contributed by atoms with Gasteiger partial charge in [-0.1, -0.05) is 18.2 Å². The molecule has 4 nitrogen and oxygen atoms in total. The number of aromatic hydroxyl groups is 1. The second-order valence-electron chi connectivity index (χ2n) is 3.99. The molecule has 0 aliphatic carbocycles. The molecule has 0 aliphatic heterocycles. The van der Waals surface area contributed by atoms with Crippen molar-refractivity contribution in [1.82, 2.24) is 0 Å². The van der Waals surface area contributed by atoms with Gasteiger partial charge in [-0.25, -0.2) is 4.79 Å². The van der Waals surface area contributed by atoms with Crippen molar-refractivity contribution in [3.63, 3.8) is 0 Å². The van der Waals surface area contributed by atoms with Crippen molar-refractivity contribution in [2.75, 3.05) is 0 Å². The molecular weight excluding hydrogens is 264 g/mol. The number of phenolic OH excluding ortho intramolecular Hbond substituents is 1. The largest absolute Gasteiger partial charge is 0.508 e. The number of phenols is 1. The minimum Gasteiger partial charge on any atom is -0.508 e. The Hall–Kier alpha value is -2.14. The zero-order chi connectivity index (χ0) is 13.8. The molecule has 0 spiro atoms. The number of carboxylic acids is 1. The van der Waals surface area contributed by atoms with Crippen LogP contribution in [0.15, 0.2) is 53.4 Å². The van der Waals surface area contributed by atoms with E-state index in [-0.39, 0.29) is 17.1 Å². The van der Waals surface area contributed by atoms with E-state index in [9.17, 15) is 9.00 Å². The Balaban J connectivity index is 2.18. The number of carbonyl (C=O) groups is 1. The second kappa shape index (κ2) is 5.67. The van der Waals surface area contributed by atoms with Crippen LogP contribution in [-0.4, -0.2) is 20.4 Å². The standard InChI is InChI=1S/C14H12O4S/c15-12-6-4-10(5-7-12)9-19(18)13-3-1-2-11(8-13)14(16)17/h1-8,15H,9H2,(H,16,17). The van der Waals surface area contributed by atoms with E-state index in [2.05, 4.69) is 0 Å². The highest BCUT2D eigenvalue weighted by Gasteiger charge is 2.09. The predicted molar refractivity (Wildman–Crippen MR) is 71.6 cm³/mol. The van der Waals surface area contributed by atoms with Crippen LogP contribution in [0.2, 0.25) is 0 Å². The number of rotatable bonds is 4. The van der Waals surface area contributed by atoms with E-state index < -0.39 is 16.8 Å². The predicted octanol–water partition coefficient (Wildman–Crippen LogP) is 2.40. The van der Waals surface area contributed by atoms with Crippen LogP contribution < -0.4 is 0 Å². The highest BCUT2D eigenvalue weighted by molar-refractivity contribution is 7.84. The molecule has 2 aromatic rings. The highest BCUT2D eigenvalue weighted by atomic mass is 32.2. The van der Waals surface area contributed by atoms with Crippen molar-refractivity contribution >= 4 is 16.8 Å². The number of hydrogen-bond acceptors (Lipinski definition) is 3. The molecule has 2 aromatic carbocycles. The maximum Gasteiger partial charge on any atom is 0.335 e. The molecule has 1 atom stereocenters. The van der Waals surface area contributed by atoms with E-state index in [4.69, 9.17) is 10.2 Å². The topological polar surface area (TPSA) is 74.6 Å². The van der Waals surface area contributed by atoms with Gasteiger partial charge in [0.25, 0.3) is 0 Å². The molecule has 2 rings (SSSR count). The number of hydrogen-bond donors (Lipinski definition) is 2. The summed E-state index contributed by atoms with van der Waals surface area (Å²) in [5.74, 6) is -0.602. The van der Waals surface area contributed by atoms with Crippen LogP contribution in [0.5, 0.6) is 5.75 Å². The Morgan fingerprint density at radius 3 is 2.42 bits per heavy atom. The minimum absolute atomic E-state index is 0.122. The molecule has 5 heteroatoms. The molecule has 2 N–H and O–H groups in total. The first-order valence-corrected chi connectivity index (χ1v) is 6.88. The van der Waals surface area contributed by atoms with Gasteiger partial charge < -0.3 is 10.2 Å². The van der Waals surface area contributed by atoms with Crippen LogP contribution in [0, 0.1) is 0 Å². The van der Waals surface area contributed by atoms with Gasteiger partial charge in [0.1, 0.15) is 5.75 Å². The van der Waals surface area contributed by atoms with Crippen LogP contribution in [0.25, 0.3) is 0 Å². The van der Waals surface area contributed by atoms with Crippen molar-refractivity contribution in [3.8, 4) is 5.75 Å². The van der Waals surface area contributed by atoms with E-state index in [1.165, 1.54) is 24.3 Å². The van der Waals surface area contributed by atoms with Crippen LogP contribution in [-0.2, 0) is 16.6 Å². The zero-order valence-electron chi connectivity index (χ0n) is 9.95. The summed E-state index contributed by atoms with van der Waals surface area (Å²) >= 11 is 0. The second-order valence-corrected chi connectivity index (χ2v) is 5.44. The molecule has 0 fully saturated rings. The average molecular weight is 276 g/mol.